The number of anilines is 1. The summed E-state index contributed by atoms with van der Waals surface area (Å²) < 4.78 is 12.1. The van der Waals surface area contributed by atoms with Crippen LogP contribution in [-0.2, 0) is 23.9 Å². The Morgan fingerprint density at radius 1 is 1.16 bits per heavy atom. The number of aliphatic hydroxyl groups excluding tert-OH is 1. The van der Waals surface area contributed by atoms with Crippen molar-refractivity contribution in [1.82, 2.24) is 4.90 Å². The molecule has 2 amide bonds. The van der Waals surface area contributed by atoms with Gasteiger partial charge in [0, 0.05) is 5.69 Å². The average molecular weight is 509 g/mol. The highest BCUT2D eigenvalue weighted by atomic mass is 16.6. The lowest BCUT2D eigenvalue weighted by Crippen LogP contribution is -2.57. The molecular formula is C29H36N2O6. The molecule has 3 fully saturated rings. The number of hydrogen-bond donors (Lipinski definition) is 2. The maximum atomic E-state index is 14.1. The van der Waals surface area contributed by atoms with Crippen molar-refractivity contribution < 1.29 is 29.0 Å². The maximum Gasteiger partial charge on any atom is 0.312 e. The van der Waals surface area contributed by atoms with Crippen LogP contribution in [0.3, 0.4) is 0 Å². The lowest BCUT2D eigenvalue weighted by Gasteiger charge is -2.38. The van der Waals surface area contributed by atoms with Gasteiger partial charge in [0.1, 0.15) is 17.6 Å². The van der Waals surface area contributed by atoms with E-state index < -0.39 is 41.1 Å². The number of aliphatic hydroxyl groups is 1. The van der Waals surface area contributed by atoms with E-state index in [0.29, 0.717) is 24.9 Å². The van der Waals surface area contributed by atoms with Gasteiger partial charge in [0.2, 0.25) is 11.8 Å². The molecule has 2 unspecified atom stereocenters. The number of nitrogens with one attached hydrogen (secondary N) is 1. The standard InChI is InChI=1S/C29H36N2O6/c1-5-28-13-14-29(37-28)22(23(28)27(35)36-6-2)26(34)31(21(16-32)17(3)4)24(29)25(33)30-20-12-11-18-9-7-8-10-19(18)15-20/h7-12,15,17,21-24,32H,5-6,13-14,16H2,1-4H3,(H,30,33)/t21-,22-,23-,24?,28+,29?/m0/s1. The number of carbonyl (C=O) groups excluding carboxylic acids is 3. The Balaban J connectivity index is 1.58. The summed E-state index contributed by atoms with van der Waals surface area (Å²) >= 11 is 0. The second kappa shape index (κ2) is 9.40. The molecule has 0 aromatic heterocycles. The van der Waals surface area contributed by atoms with Crippen molar-refractivity contribution in [2.45, 2.75) is 70.2 Å². The topological polar surface area (TPSA) is 105 Å². The number of amides is 2. The van der Waals surface area contributed by atoms with Gasteiger partial charge in [-0.25, -0.2) is 0 Å². The van der Waals surface area contributed by atoms with Gasteiger partial charge in [0.25, 0.3) is 0 Å². The van der Waals surface area contributed by atoms with Gasteiger partial charge in [0.05, 0.1) is 30.8 Å². The maximum absolute atomic E-state index is 14.1. The average Bonchev–Trinajstić information content (AvgIpc) is 3.48. The smallest absolute Gasteiger partial charge is 0.312 e. The molecule has 1 spiro atoms. The van der Waals surface area contributed by atoms with Crippen LogP contribution in [0, 0.1) is 17.8 Å². The van der Waals surface area contributed by atoms with Gasteiger partial charge in [-0.15, -0.1) is 0 Å². The predicted octanol–water partition coefficient (Wildman–Crippen LogP) is 3.51. The number of fused-ring (bicyclic) bond motifs is 2. The molecule has 8 heteroatoms. The number of hydrogen-bond acceptors (Lipinski definition) is 6. The molecule has 0 radical (unpaired) electrons. The fourth-order valence-corrected chi connectivity index (χ4v) is 7.00. The third-order valence-electron chi connectivity index (χ3n) is 8.74. The zero-order valence-corrected chi connectivity index (χ0v) is 21.9. The van der Waals surface area contributed by atoms with Gasteiger partial charge in [-0.3, -0.25) is 14.4 Å². The minimum absolute atomic E-state index is 0.112. The van der Waals surface area contributed by atoms with Gasteiger partial charge >= 0.3 is 5.97 Å². The van der Waals surface area contributed by atoms with Crippen LogP contribution >= 0.6 is 0 Å². The van der Waals surface area contributed by atoms with E-state index in [0.717, 1.165) is 10.8 Å². The highest BCUT2D eigenvalue weighted by Gasteiger charge is 2.79. The number of nitrogens with zero attached hydrogens (tertiary/aromatic N) is 1. The number of carbonyl (C=O) groups is 3. The first-order chi connectivity index (χ1) is 17.7. The summed E-state index contributed by atoms with van der Waals surface area (Å²) in [6, 6.07) is 12.0. The molecule has 5 rings (SSSR count). The SMILES string of the molecule is CCOC(=O)[C@@H]1[C@H]2C(=O)N([C@@H](CO)C(C)C)C(C(=O)Nc3ccc4ccccc4c3)C23CC[C@@]1(CC)O3. The van der Waals surface area contributed by atoms with Crippen LogP contribution in [0.4, 0.5) is 5.69 Å². The molecule has 3 aliphatic heterocycles. The molecule has 2 N–H and O–H groups in total. The Morgan fingerprint density at radius 2 is 1.89 bits per heavy atom. The molecule has 0 saturated carbocycles. The first kappa shape index (κ1) is 25.7. The molecule has 2 aromatic rings. The predicted molar refractivity (Wildman–Crippen MR) is 139 cm³/mol. The summed E-state index contributed by atoms with van der Waals surface area (Å²) in [6.07, 6.45) is 1.58. The monoisotopic (exact) mass is 508 g/mol. The first-order valence-electron chi connectivity index (χ1n) is 13.3. The van der Waals surface area contributed by atoms with Crippen molar-refractivity contribution in [3.05, 3.63) is 42.5 Å². The molecule has 6 atom stereocenters. The van der Waals surface area contributed by atoms with Gasteiger partial charge < -0.3 is 24.8 Å². The third-order valence-corrected chi connectivity index (χ3v) is 8.74. The summed E-state index contributed by atoms with van der Waals surface area (Å²) in [6.45, 7) is 7.41. The Hall–Kier alpha value is -2.97. The van der Waals surface area contributed by atoms with Crippen LogP contribution in [0.5, 0.6) is 0 Å². The molecule has 37 heavy (non-hydrogen) atoms. The zero-order chi connectivity index (χ0) is 26.5. The van der Waals surface area contributed by atoms with Gasteiger partial charge in [-0.1, -0.05) is 51.1 Å². The highest BCUT2D eigenvalue weighted by Crippen LogP contribution is 2.64. The van der Waals surface area contributed by atoms with E-state index in [2.05, 4.69) is 5.32 Å². The normalized spacial score (nSPS) is 31.1. The summed E-state index contributed by atoms with van der Waals surface area (Å²) in [5.41, 5.74) is -1.39. The number of rotatable bonds is 8. The van der Waals surface area contributed by atoms with Crippen molar-refractivity contribution in [1.29, 1.82) is 0 Å². The number of ether oxygens (including phenoxy) is 2. The van der Waals surface area contributed by atoms with E-state index in [1.54, 1.807) is 6.92 Å². The van der Waals surface area contributed by atoms with Crippen LogP contribution in [0.1, 0.15) is 47.0 Å². The van der Waals surface area contributed by atoms with Crippen molar-refractivity contribution in [3.8, 4) is 0 Å². The molecule has 3 saturated heterocycles. The van der Waals surface area contributed by atoms with E-state index in [1.165, 1.54) is 4.90 Å². The molecular weight excluding hydrogens is 472 g/mol. The van der Waals surface area contributed by atoms with Crippen molar-refractivity contribution in [2.24, 2.45) is 17.8 Å². The van der Waals surface area contributed by atoms with E-state index in [9.17, 15) is 19.5 Å². The zero-order valence-electron chi connectivity index (χ0n) is 21.9. The molecule has 3 aliphatic rings. The molecule has 3 heterocycles. The summed E-state index contributed by atoms with van der Waals surface area (Å²) in [4.78, 5) is 43.0. The van der Waals surface area contributed by atoms with Gasteiger partial charge in [-0.2, -0.15) is 0 Å². The van der Waals surface area contributed by atoms with E-state index in [4.69, 9.17) is 9.47 Å². The summed E-state index contributed by atoms with van der Waals surface area (Å²) in [5, 5.41) is 15.4. The molecule has 2 aromatic carbocycles. The van der Waals surface area contributed by atoms with Crippen LogP contribution in [-0.4, -0.2) is 64.3 Å². The highest BCUT2D eigenvalue weighted by molar-refractivity contribution is 6.04. The summed E-state index contributed by atoms with van der Waals surface area (Å²) in [5.74, 6) is -2.88. The lowest BCUT2D eigenvalue weighted by molar-refractivity contribution is -0.161. The van der Waals surface area contributed by atoms with E-state index in [1.807, 2.05) is 63.2 Å². The van der Waals surface area contributed by atoms with E-state index >= 15 is 0 Å². The van der Waals surface area contributed by atoms with Crippen LogP contribution in [0.2, 0.25) is 0 Å². The Morgan fingerprint density at radius 3 is 2.54 bits per heavy atom. The van der Waals surface area contributed by atoms with E-state index in [-0.39, 0.29) is 30.9 Å². The molecule has 8 nitrogen and oxygen atoms in total. The third kappa shape index (κ3) is 3.76. The summed E-state index contributed by atoms with van der Waals surface area (Å²) in [7, 11) is 0. The largest absolute Gasteiger partial charge is 0.466 e. The molecule has 2 bridgehead atoms. The van der Waals surface area contributed by atoms with Crippen molar-refractivity contribution in [2.75, 3.05) is 18.5 Å². The van der Waals surface area contributed by atoms with Gasteiger partial charge in [0.15, 0.2) is 0 Å². The minimum atomic E-state index is -1.16. The number of benzene rings is 2. The second-order valence-corrected chi connectivity index (χ2v) is 10.9. The van der Waals surface area contributed by atoms with Crippen LogP contribution < -0.4 is 5.32 Å². The molecule has 0 aliphatic carbocycles. The quantitative estimate of drug-likeness (QED) is 0.529. The first-order valence-corrected chi connectivity index (χ1v) is 13.3. The fourth-order valence-electron chi connectivity index (χ4n) is 7.00. The van der Waals surface area contributed by atoms with Crippen LogP contribution in [0.15, 0.2) is 42.5 Å². The fraction of sp³-hybridized carbons (Fsp3) is 0.552. The number of esters is 1. The van der Waals surface area contributed by atoms with Crippen LogP contribution in [0.25, 0.3) is 10.8 Å². The van der Waals surface area contributed by atoms with Gasteiger partial charge in [-0.05, 0) is 55.0 Å². The Kier molecular flexibility index (Phi) is 6.52. The second-order valence-electron chi connectivity index (χ2n) is 10.9. The Labute approximate surface area is 217 Å². The molecule has 198 valence electrons. The van der Waals surface area contributed by atoms with Crippen molar-refractivity contribution >= 4 is 34.2 Å². The minimum Gasteiger partial charge on any atom is -0.466 e. The number of likely N-dealkylation sites (tertiary alicyclic amines) is 1. The Bertz CT molecular complexity index is 1230. The lowest BCUT2D eigenvalue weighted by atomic mass is 9.65. The van der Waals surface area contributed by atoms with Crippen molar-refractivity contribution in [3.63, 3.8) is 0 Å².